The molecular formula is C39H42ClN2Zr. The van der Waals surface area contributed by atoms with Gasteiger partial charge in [-0.1, -0.05) is 136 Å². The van der Waals surface area contributed by atoms with Gasteiger partial charge in [0.05, 0.1) is 0 Å². The van der Waals surface area contributed by atoms with Gasteiger partial charge in [-0.25, -0.2) is 0 Å². The Morgan fingerprint density at radius 3 is 1.91 bits per heavy atom. The normalized spacial score (nSPS) is 11.7. The van der Waals surface area contributed by atoms with Crippen LogP contribution in [0.1, 0.15) is 100 Å². The number of nitrogens with zero attached hydrogens (tertiary/aromatic N) is 2. The summed E-state index contributed by atoms with van der Waals surface area (Å²) in [5, 5.41) is 8.68. The third kappa shape index (κ3) is 7.86. The fourth-order valence-corrected chi connectivity index (χ4v) is 5.73. The quantitative estimate of drug-likeness (QED) is 0.152. The van der Waals surface area contributed by atoms with Crippen LogP contribution in [0.5, 0.6) is 0 Å². The summed E-state index contributed by atoms with van der Waals surface area (Å²) in [6, 6.07) is 34.8. The van der Waals surface area contributed by atoms with E-state index in [-0.39, 0.29) is 44.1 Å². The number of pyridine rings is 1. The Morgan fingerprint density at radius 2 is 1.28 bits per heavy atom. The van der Waals surface area contributed by atoms with Crippen LogP contribution in [0.4, 0.5) is 5.69 Å². The number of aromatic nitrogens is 1. The van der Waals surface area contributed by atoms with E-state index in [2.05, 4.69) is 139 Å². The number of rotatable bonds is 8. The summed E-state index contributed by atoms with van der Waals surface area (Å²) in [4.78, 5) is 5.28. The summed E-state index contributed by atoms with van der Waals surface area (Å²) in [7, 11) is 0. The van der Waals surface area contributed by atoms with E-state index in [1.165, 1.54) is 27.6 Å². The van der Waals surface area contributed by atoms with E-state index in [1.54, 1.807) is 6.92 Å². The summed E-state index contributed by atoms with van der Waals surface area (Å²) in [5.41, 5.74) is 8.67. The number of fused-ring (bicyclic) bond motifs is 1. The van der Waals surface area contributed by atoms with E-state index >= 15 is 0 Å². The van der Waals surface area contributed by atoms with Crippen molar-refractivity contribution in [3.05, 3.63) is 142 Å². The Bertz CT molecular complexity index is 1610. The largest absolute Gasteiger partial charge is 3.00 e. The van der Waals surface area contributed by atoms with Crippen molar-refractivity contribution in [1.29, 1.82) is 0 Å². The molecule has 5 rings (SSSR count). The zero-order chi connectivity index (χ0) is 30.4. The van der Waals surface area contributed by atoms with Gasteiger partial charge in [0.2, 0.25) is 0 Å². The van der Waals surface area contributed by atoms with Crippen molar-refractivity contribution in [2.24, 2.45) is 0 Å². The average molecular weight is 665 g/mol. The van der Waals surface area contributed by atoms with Gasteiger partial charge in [0.15, 0.2) is 0 Å². The molecule has 0 aliphatic carbocycles. The third-order valence-corrected chi connectivity index (χ3v) is 7.79. The van der Waals surface area contributed by atoms with Crippen molar-refractivity contribution in [2.45, 2.75) is 72.3 Å². The van der Waals surface area contributed by atoms with Gasteiger partial charge in [-0.2, -0.15) is 6.92 Å². The summed E-state index contributed by atoms with van der Waals surface area (Å²) in [5.74, 6) is 0.906. The number of halogens is 1. The number of benzene rings is 4. The van der Waals surface area contributed by atoms with E-state index in [9.17, 15) is 0 Å². The van der Waals surface area contributed by atoms with E-state index in [0.717, 1.165) is 33.0 Å². The second-order valence-electron chi connectivity index (χ2n) is 11.4. The first-order valence-corrected chi connectivity index (χ1v) is 15.3. The molecule has 2 nitrogen and oxygen atoms in total. The molecule has 5 aromatic rings. The van der Waals surface area contributed by atoms with E-state index in [0.29, 0.717) is 5.92 Å². The first kappa shape index (κ1) is 34.7. The molecule has 1 aromatic heterocycles. The van der Waals surface area contributed by atoms with Gasteiger partial charge in [0.25, 0.3) is 0 Å². The van der Waals surface area contributed by atoms with Crippen LogP contribution in [0.15, 0.2) is 91.0 Å². The van der Waals surface area contributed by atoms with Gasteiger partial charge in [0, 0.05) is 10.7 Å². The first-order valence-electron chi connectivity index (χ1n) is 14.9. The molecule has 0 aliphatic rings. The van der Waals surface area contributed by atoms with Crippen molar-refractivity contribution in [2.75, 3.05) is 0 Å². The van der Waals surface area contributed by atoms with Crippen LogP contribution in [0.3, 0.4) is 0 Å². The minimum Gasteiger partial charge on any atom is -0.673 e. The second kappa shape index (κ2) is 15.8. The Balaban J connectivity index is 0.00000165. The molecule has 1 atom stereocenters. The average Bonchev–Trinajstić information content (AvgIpc) is 3.00. The monoisotopic (exact) mass is 663 g/mol. The topological polar surface area (TPSA) is 27.0 Å². The molecule has 43 heavy (non-hydrogen) atoms. The molecule has 0 saturated heterocycles. The van der Waals surface area contributed by atoms with Gasteiger partial charge < -0.3 is 17.2 Å². The molecule has 0 bridgehead atoms. The summed E-state index contributed by atoms with van der Waals surface area (Å²) < 4.78 is 0. The van der Waals surface area contributed by atoms with Crippen LogP contribution in [-0.2, 0) is 26.2 Å². The maximum atomic E-state index is 6.63. The minimum absolute atomic E-state index is 0. The second-order valence-corrected chi connectivity index (χ2v) is 11.9. The van der Waals surface area contributed by atoms with E-state index in [1.807, 2.05) is 6.07 Å². The fraction of sp³-hybridized carbons (Fsp3) is 0.282. The number of hydrogen-bond donors (Lipinski definition) is 0. The molecule has 0 N–H and O–H groups in total. The van der Waals surface area contributed by atoms with Crippen molar-refractivity contribution >= 4 is 28.1 Å². The maximum Gasteiger partial charge on any atom is 3.00 e. The molecular weight excluding hydrogens is 623 g/mol. The molecule has 0 spiro atoms. The summed E-state index contributed by atoms with van der Waals surface area (Å²) in [6.45, 7) is 18.3. The van der Waals surface area contributed by atoms with E-state index in [4.69, 9.17) is 21.9 Å². The van der Waals surface area contributed by atoms with Gasteiger partial charge in [-0.05, 0) is 53.3 Å². The molecule has 4 heteroatoms. The predicted octanol–water partition coefficient (Wildman–Crippen LogP) is 12.4. The van der Waals surface area contributed by atoms with E-state index < -0.39 is 0 Å². The Kier molecular flexibility index (Phi) is 12.8. The SMILES string of the molecule is CC(C)c1ccccc1C([N-]c1c(C(C)C)cc(Cl)cc1C(C)C)c1cccc(-c2[c-]ccc3ccccc23)n1.[CH2-]C.[Zr+3]. The standard InChI is InChI=1S/C37H37ClN2.C2H5.Zr/c1-23(2)28-15-9-10-17-31(28)37(40-36-32(24(3)4)21-27(38)22-33(36)25(5)6)35-20-12-19-34(39-35)30-18-11-14-26-13-7-8-16-29(26)30;1-2;/h7-17,19-25,37H,1-6H3;1H2,2H3;/q-2;-1;+3. The fourth-order valence-electron chi connectivity index (χ4n) is 5.50. The molecule has 1 radical (unpaired) electrons. The molecule has 1 unspecified atom stereocenters. The Labute approximate surface area is 283 Å². The molecule has 0 aliphatic heterocycles. The molecule has 0 amide bonds. The van der Waals surface area contributed by atoms with Crippen LogP contribution in [0.25, 0.3) is 27.3 Å². The first-order chi connectivity index (χ1) is 20.2. The summed E-state index contributed by atoms with van der Waals surface area (Å²) >= 11 is 6.63. The zero-order valence-electron chi connectivity index (χ0n) is 26.4. The van der Waals surface area contributed by atoms with Gasteiger partial charge in [-0.15, -0.1) is 34.8 Å². The van der Waals surface area contributed by atoms with Crippen molar-refractivity contribution in [3.63, 3.8) is 0 Å². The van der Waals surface area contributed by atoms with Gasteiger partial charge in [0.1, 0.15) is 0 Å². The van der Waals surface area contributed by atoms with Gasteiger partial charge >= 0.3 is 26.2 Å². The Hall–Kier alpha value is -2.74. The smallest absolute Gasteiger partial charge is 0.673 e. The maximum absolute atomic E-state index is 6.63. The van der Waals surface area contributed by atoms with Crippen molar-refractivity contribution in [3.8, 4) is 11.3 Å². The number of hydrogen-bond acceptors (Lipinski definition) is 1. The van der Waals surface area contributed by atoms with Crippen LogP contribution in [-0.4, -0.2) is 4.98 Å². The Morgan fingerprint density at radius 1 is 0.698 bits per heavy atom. The molecule has 1 heterocycles. The summed E-state index contributed by atoms with van der Waals surface area (Å²) in [6.07, 6.45) is 0. The van der Waals surface area contributed by atoms with Gasteiger partial charge in [-0.3, -0.25) is 0 Å². The predicted molar refractivity (Wildman–Crippen MR) is 182 cm³/mol. The zero-order valence-corrected chi connectivity index (χ0v) is 29.7. The molecule has 4 aromatic carbocycles. The minimum atomic E-state index is -0.273. The van der Waals surface area contributed by atoms with Crippen LogP contribution >= 0.6 is 11.6 Å². The van der Waals surface area contributed by atoms with Crippen molar-refractivity contribution < 1.29 is 26.2 Å². The third-order valence-electron chi connectivity index (χ3n) is 7.58. The van der Waals surface area contributed by atoms with Crippen LogP contribution in [0, 0.1) is 13.0 Å². The van der Waals surface area contributed by atoms with Crippen LogP contribution < -0.4 is 0 Å². The van der Waals surface area contributed by atoms with Crippen LogP contribution in [0.2, 0.25) is 5.02 Å². The van der Waals surface area contributed by atoms with Crippen molar-refractivity contribution in [1.82, 2.24) is 4.98 Å². The molecule has 0 fully saturated rings. The molecule has 0 saturated carbocycles. The molecule has 219 valence electrons.